The Bertz CT molecular complexity index is 760. The Morgan fingerprint density at radius 2 is 1.80 bits per heavy atom. The minimum absolute atomic E-state index is 1.05. The fourth-order valence-electron chi connectivity index (χ4n) is 2.07. The zero-order valence-corrected chi connectivity index (χ0v) is 8.33. The van der Waals surface area contributed by atoms with E-state index < -0.39 is 0 Å². The van der Waals surface area contributed by atoms with Gasteiger partial charge in [0, 0.05) is 5.22 Å². The molecule has 0 radical (unpaired) electrons. The zero-order chi connectivity index (χ0) is 10.3. The van der Waals surface area contributed by atoms with Crippen molar-refractivity contribution in [3.63, 3.8) is 0 Å². The van der Waals surface area contributed by atoms with E-state index in [1.807, 2.05) is 0 Å². The lowest BCUT2D eigenvalue weighted by molar-refractivity contribution is 1.46. The summed E-state index contributed by atoms with van der Waals surface area (Å²) >= 11 is 0. The minimum Gasteiger partial charge on any atom is -0.121 e. The predicted molar refractivity (Wildman–Crippen MR) is 62.4 cm³/mol. The molecule has 0 fully saturated rings. The molecule has 1 aliphatic carbocycles. The molecule has 70 valence electrons. The monoisotopic (exact) mass is 190 g/mol. The Morgan fingerprint density at radius 3 is 2.67 bits per heavy atom. The highest BCUT2D eigenvalue weighted by Gasteiger charge is 2.00. The highest BCUT2D eigenvalue weighted by Crippen LogP contribution is 2.06. The van der Waals surface area contributed by atoms with Crippen LogP contribution in [0.4, 0.5) is 0 Å². The number of hydrogen-bond acceptors (Lipinski definition) is 0. The molecule has 0 saturated heterocycles. The van der Waals surface area contributed by atoms with Crippen LogP contribution >= 0.6 is 0 Å². The molecular weight excluding hydrogens is 180 g/mol. The van der Waals surface area contributed by atoms with Crippen LogP contribution in [0, 0.1) is 10.4 Å². The Morgan fingerprint density at radius 1 is 0.933 bits per heavy atom. The van der Waals surface area contributed by atoms with Gasteiger partial charge in [0.15, 0.2) is 0 Å². The van der Waals surface area contributed by atoms with Gasteiger partial charge in [-0.05, 0) is 39.4 Å². The molecule has 0 heterocycles. The molecule has 0 amide bonds. The van der Waals surface area contributed by atoms with Gasteiger partial charge in [-0.3, -0.25) is 0 Å². The van der Waals surface area contributed by atoms with Gasteiger partial charge in [0.25, 0.3) is 0 Å². The summed E-state index contributed by atoms with van der Waals surface area (Å²) in [4.78, 5) is 0. The smallest absolute Gasteiger partial charge is 0.0164 e. The zero-order valence-electron chi connectivity index (χ0n) is 8.33. The second-order valence-corrected chi connectivity index (χ2v) is 3.71. The van der Waals surface area contributed by atoms with Gasteiger partial charge in [-0.15, -0.1) is 5.73 Å². The van der Waals surface area contributed by atoms with Crippen LogP contribution in [0.1, 0.15) is 5.56 Å². The van der Waals surface area contributed by atoms with E-state index in [1.54, 1.807) is 0 Å². The first kappa shape index (κ1) is 8.28. The number of rotatable bonds is 0. The standard InChI is InChI=1S/C15H10/c1-2-11-7-8-15-13(9-11)10-12-5-3-4-6-14(12)15/h3-10H,1H2. The Labute approximate surface area is 87.8 Å². The van der Waals surface area contributed by atoms with Crippen molar-refractivity contribution in [1.29, 1.82) is 0 Å². The van der Waals surface area contributed by atoms with Crippen molar-refractivity contribution in [2.75, 3.05) is 0 Å². The quantitative estimate of drug-likeness (QED) is 0.506. The summed E-state index contributed by atoms with van der Waals surface area (Å²) in [6.45, 7) is 3.67. The van der Waals surface area contributed by atoms with Crippen molar-refractivity contribution in [2.24, 2.45) is 0 Å². The van der Waals surface area contributed by atoms with Crippen LogP contribution in [0.5, 0.6) is 0 Å². The summed E-state index contributed by atoms with van der Waals surface area (Å²) in [7, 11) is 0. The molecule has 0 unspecified atom stereocenters. The summed E-state index contributed by atoms with van der Waals surface area (Å²) in [5.41, 5.74) is 4.18. The number of fused-ring (bicyclic) bond motifs is 2. The molecule has 15 heavy (non-hydrogen) atoms. The molecule has 0 saturated carbocycles. The van der Waals surface area contributed by atoms with Crippen molar-refractivity contribution < 1.29 is 0 Å². The summed E-state index contributed by atoms with van der Waals surface area (Å²) in [5, 5.41) is 4.99. The minimum atomic E-state index is 1.05. The second-order valence-electron chi connectivity index (χ2n) is 3.71. The summed E-state index contributed by atoms with van der Waals surface area (Å²) in [6.07, 6.45) is 2.21. The summed E-state index contributed by atoms with van der Waals surface area (Å²) in [6, 6.07) is 14.8. The summed E-state index contributed by atoms with van der Waals surface area (Å²) in [5.74, 6) is 0. The fraction of sp³-hybridized carbons (Fsp3) is 0. The molecule has 0 bridgehead atoms. The predicted octanol–water partition coefficient (Wildman–Crippen LogP) is 1.68. The molecule has 1 aliphatic rings. The fourth-order valence-corrected chi connectivity index (χ4v) is 2.07. The van der Waals surface area contributed by atoms with Gasteiger partial charge < -0.3 is 0 Å². The average Bonchev–Trinajstić information content (AvgIpc) is 2.66. The van der Waals surface area contributed by atoms with E-state index in [0.717, 1.165) is 5.22 Å². The SMILES string of the molecule is C=C=c1ccc2c(c1)C=c1ccccc1=2. The van der Waals surface area contributed by atoms with E-state index in [0.29, 0.717) is 0 Å². The van der Waals surface area contributed by atoms with Crippen LogP contribution in [0.15, 0.2) is 49.0 Å². The van der Waals surface area contributed by atoms with Crippen LogP contribution in [0.25, 0.3) is 11.8 Å². The summed E-state index contributed by atoms with van der Waals surface area (Å²) < 4.78 is 0. The maximum atomic E-state index is 3.67. The third-order valence-electron chi connectivity index (χ3n) is 2.82. The molecule has 2 aromatic carbocycles. The van der Waals surface area contributed by atoms with Crippen molar-refractivity contribution in [2.45, 2.75) is 0 Å². The lowest BCUT2D eigenvalue weighted by Crippen LogP contribution is -1.97. The van der Waals surface area contributed by atoms with Crippen LogP contribution in [-0.2, 0) is 0 Å². The van der Waals surface area contributed by atoms with Crippen molar-refractivity contribution in [1.82, 2.24) is 0 Å². The highest BCUT2D eigenvalue weighted by atomic mass is 14.0. The van der Waals surface area contributed by atoms with Crippen molar-refractivity contribution in [3.8, 4) is 0 Å². The van der Waals surface area contributed by atoms with E-state index in [-0.39, 0.29) is 0 Å². The third-order valence-corrected chi connectivity index (χ3v) is 2.82. The molecule has 0 N–H and O–H groups in total. The second kappa shape index (κ2) is 2.98. The van der Waals surface area contributed by atoms with E-state index in [4.69, 9.17) is 0 Å². The first-order chi connectivity index (χ1) is 7.38. The molecular formula is C15H10. The molecule has 0 heteroatoms. The number of hydrogen-bond donors (Lipinski definition) is 0. The van der Waals surface area contributed by atoms with Crippen LogP contribution < -0.4 is 10.4 Å². The topological polar surface area (TPSA) is 0 Å². The Balaban J connectivity index is 2.62. The van der Waals surface area contributed by atoms with Gasteiger partial charge in [0.1, 0.15) is 0 Å². The van der Waals surface area contributed by atoms with Crippen molar-refractivity contribution >= 4 is 11.8 Å². The van der Waals surface area contributed by atoms with Crippen LogP contribution in [0.2, 0.25) is 0 Å². The van der Waals surface area contributed by atoms with E-state index in [1.165, 1.54) is 21.2 Å². The van der Waals surface area contributed by atoms with Crippen LogP contribution in [0.3, 0.4) is 0 Å². The van der Waals surface area contributed by atoms with Gasteiger partial charge in [0.05, 0.1) is 0 Å². The number of benzene rings is 2. The lowest BCUT2D eigenvalue weighted by Gasteiger charge is -1.89. The van der Waals surface area contributed by atoms with Gasteiger partial charge >= 0.3 is 0 Å². The maximum absolute atomic E-state index is 3.67. The third kappa shape index (κ3) is 1.16. The molecule has 0 atom stereocenters. The maximum Gasteiger partial charge on any atom is 0.0164 e. The molecule has 0 aliphatic heterocycles. The molecule has 0 aromatic heterocycles. The first-order valence-electron chi connectivity index (χ1n) is 5.00. The van der Waals surface area contributed by atoms with Gasteiger partial charge in [0.2, 0.25) is 0 Å². The normalized spacial score (nSPS) is 11.2. The molecule has 0 spiro atoms. The van der Waals surface area contributed by atoms with E-state index in [2.05, 4.69) is 60.9 Å². The van der Waals surface area contributed by atoms with Crippen LogP contribution in [-0.4, -0.2) is 0 Å². The van der Waals surface area contributed by atoms with Gasteiger partial charge in [-0.2, -0.15) is 0 Å². The first-order valence-corrected chi connectivity index (χ1v) is 5.00. The Kier molecular flexibility index (Phi) is 1.65. The van der Waals surface area contributed by atoms with Crippen molar-refractivity contribution in [3.05, 3.63) is 75.5 Å². The van der Waals surface area contributed by atoms with Gasteiger partial charge in [-0.1, -0.05) is 36.9 Å². The molecule has 3 rings (SSSR count). The lowest BCUT2D eigenvalue weighted by atomic mass is 10.1. The molecule has 0 nitrogen and oxygen atoms in total. The average molecular weight is 190 g/mol. The largest absolute Gasteiger partial charge is 0.121 e. The van der Waals surface area contributed by atoms with E-state index in [9.17, 15) is 0 Å². The Hall–Kier alpha value is -2.04. The van der Waals surface area contributed by atoms with Gasteiger partial charge in [-0.25, -0.2) is 0 Å². The molecule has 2 aromatic rings. The highest BCUT2D eigenvalue weighted by molar-refractivity contribution is 5.55. The van der Waals surface area contributed by atoms with E-state index >= 15 is 0 Å².